The fraction of sp³-hybridized carbons (Fsp3) is 0.741. The smallest absolute Gasteiger partial charge is 0.321 e. The number of carbonyl (C=O) groups is 1. The van der Waals surface area contributed by atoms with Crippen LogP contribution >= 0.6 is 0 Å². The zero-order valence-electron chi connectivity index (χ0n) is 19.6. The van der Waals surface area contributed by atoms with Gasteiger partial charge >= 0.3 is 6.03 Å². The number of benzene rings is 1. The van der Waals surface area contributed by atoms with Crippen molar-refractivity contribution in [3.63, 3.8) is 0 Å². The van der Waals surface area contributed by atoms with Crippen molar-refractivity contribution in [2.75, 3.05) is 18.0 Å². The van der Waals surface area contributed by atoms with E-state index < -0.39 is 0 Å². The molecule has 0 atom stereocenters. The third-order valence-corrected chi connectivity index (χ3v) is 6.42. The standard InChI is InChI=1S/C27H46N2O/c1-2-3-4-5-6-7-8-9-10-11-12-13-14-15-16-17-18-25-19-21-26(22-20-25)29-24-23-28-27(29)30/h19-22H,2-18,23-24H2,1H3,(H,28,30). The molecule has 1 aliphatic heterocycles. The summed E-state index contributed by atoms with van der Waals surface area (Å²) in [6, 6.07) is 8.58. The summed E-state index contributed by atoms with van der Waals surface area (Å²) in [6.07, 6.45) is 23.8. The molecular weight excluding hydrogens is 368 g/mol. The Balaban J connectivity index is 1.35. The Hall–Kier alpha value is -1.51. The summed E-state index contributed by atoms with van der Waals surface area (Å²) < 4.78 is 0. The number of unbranched alkanes of at least 4 members (excludes halogenated alkanes) is 15. The highest BCUT2D eigenvalue weighted by atomic mass is 16.2. The topological polar surface area (TPSA) is 32.3 Å². The summed E-state index contributed by atoms with van der Waals surface area (Å²) >= 11 is 0. The van der Waals surface area contributed by atoms with E-state index in [1.807, 2.05) is 4.90 Å². The first-order valence-electron chi connectivity index (χ1n) is 13.0. The van der Waals surface area contributed by atoms with Gasteiger partial charge < -0.3 is 5.32 Å². The van der Waals surface area contributed by atoms with Gasteiger partial charge in [-0.05, 0) is 30.5 Å². The van der Waals surface area contributed by atoms with E-state index in [9.17, 15) is 4.79 Å². The van der Waals surface area contributed by atoms with Crippen molar-refractivity contribution >= 4 is 11.7 Å². The molecule has 170 valence electrons. The largest absolute Gasteiger partial charge is 0.336 e. The zero-order valence-corrected chi connectivity index (χ0v) is 19.6. The minimum atomic E-state index is 0.0283. The van der Waals surface area contributed by atoms with Crippen molar-refractivity contribution in [1.82, 2.24) is 5.32 Å². The van der Waals surface area contributed by atoms with Crippen LogP contribution in [0.1, 0.15) is 115 Å². The molecule has 30 heavy (non-hydrogen) atoms. The van der Waals surface area contributed by atoms with Gasteiger partial charge in [0.1, 0.15) is 0 Å². The predicted octanol–water partition coefficient (Wildman–Crippen LogP) is 8.02. The maximum atomic E-state index is 11.7. The highest BCUT2D eigenvalue weighted by molar-refractivity contribution is 5.93. The van der Waals surface area contributed by atoms with Gasteiger partial charge in [0.25, 0.3) is 0 Å². The summed E-state index contributed by atoms with van der Waals surface area (Å²) in [5.41, 5.74) is 2.41. The van der Waals surface area contributed by atoms with Crippen LogP contribution in [0.2, 0.25) is 0 Å². The molecule has 0 unspecified atom stereocenters. The molecule has 2 rings (SSSR count). The van der Waals surface area contributed by atoms with Crippen LogP contribution in [0.3, 0.4) is 0 Å². The first-order valence-corrected chi connectivity index (χ1v) is 13.0. The Morgan fingerprint density at radius 2 is 1.17 bits per heavy atom. The number of rotatable bonds is 18. The van der Waals surface area contributed by atoms with Crippen molar-refractivity contribution in [2.45, 2.75) is 116 Å². The van der Waals surface area contributed by atoms with Crippen LogP contribution in [-0.2, 0) is 6.42 Å². The lowest BCUT2D eigenvalue weighted by Crippen LogP contribution is -2.27. The number of hydrogen-bond donors (Lipinski definition) is 1. The second-order valence-corrected chi connectivity index (χ2v) is 9.10. The lowest BCUT2D eigenvalue weighted by molar-refractivity contribution is 0.252. The first-order chi connectivity index (χ1) is 14.8. The molecule has 0 aliphatic carbocycles. The van der Waals surface area contributed by atoms with E-state index in [1.165, 1.54) is 108 Å². The van der Waals surface area contributed by atoms with Gasteiger partial charge in [0.2, 0.25) is 0 Å². The van der Waals surface area contributed by atoms with Gasteiger partial charge in [0.15, 0.2) is 0 Å². The Morgan fingerprint density at radius 1 is 0.700 bits per heavy atom. The molecule has 3 heteroatoms. The fourth-order valence-electron chi connectivity index (χ4n) is 4.44. The van der Waals surface area contributed by atoms with Crippen LogP contribution in [0.25, 0.3) is 0 Å². The number of amides is 2. The average Bonchev–Trinajstić information content (AvgIpc) is 3.20. The van der Waals surface area contributed by atoms with Crippen molar-refractivity contribution in [3.05, 3.63) is 29.8 Å². The number of anilines is 1. The van der Waals surface area contributed by atoms with Crippen molar-refractivity contribution < 1.29 is 4.79 Å². The summed E-state index contributed by atoms with van der Waals surface area (Å²) in [6.45, 7) is 3.82. The Bertz CT molecular complexity index is 554. The number of urea groups is 1. The molecule has 0 radical (unpaired) electrons. The summed E-state index contributed by atoms with van der Waals surface area (Å²) in [5, 5.41) is 2.85. The average molecular weight is 415 g/mol. The van der Waals surface area contributed by atoms with Gasteiger partial charge in [-0.1, -0.05) is 115 Å². The summed E-state index contributed by atoms with van der Waals surface area (Å²) in [4.78, 5) is 13.5. The maximum absolute atomic E-state index is 11.7. The molecule has 0 spiro atoms. The second-order valence-electron chi connectivity index (χ2n) is 9.10. The number of nitrogens with one attached hydrogen (secondary N) is 1. The lowest BCUT2D eigenvalue weighted by Gasteiger charge is -2.14. The van der Waals surface area contributed by atoms with Gasteiger partial charge in [0.05, 0.1) is 0 Å². The van der Waals surface area contributed by atoms with Crippen LogP contribution in [0.15, 0.2) is 24.3 Å². The van der Waals surface area contributed by atoms with Crippen molar-refractivity contribution in [1.29, 1.82) is 0 Å². The van der Waals surface area contributed by atoms with E-state index in [0.717, 1.165) is 25.2 Å². The Morgan fingerprint density at radius 3 is 1.60 bits per heavy atom. The predicted molar refractivity (Wildman–Crippen MR) is 130 cm³/mol. The van der Waals surface area contributed by atoms with Crippen LogP contribution in [-0.4, -0.2) is 19.1 Å². The molecule has 0 saturated carbocycles. The van der Waals surface area contributed by atoms with E-state index in [4.69, 9.17) is 0 Å². The molecule has 1 aromatic carbocycles. The second kappa shape index (κ2) is 16.2. The molecule has 2 amide bonds. The van der Waals surface area contributed by atoms with E-state index >= 15 is 0 Å². The number of aryl methyl sites for hydroxylation is 1. The van der Waals surface area contributed by atoms with Gasteiger partial charge in [-0.15, -0.1) is 0 Å². The van der Waals surface area contributed by atoms with Crippen LogP contribution in [0, 0.1) is 0 Å². The highest BCUT2D eigenvalue weighted by Crippen LogP contribution is 2.19. The SMILES string of the molecule is CCCCCCCCCCCCCCCCCCc1ccc(N2CCNC2=O)cc1. The van der Waals surface area contributed by atoms with E-state index in [0.29, 0.717) is 0 Å². The van der Waals surface area contributed by atoms with E-state index in [-0.39, 0.29) is 6.03 Å². The maximum Gasteiger partial charge on any atom is 0.321 e. The molecule has 1 aliphatic rings. The Labute approximate surface area is 186 Å². The fourth-order valence-corrected chi connectivity index (χ4v) is 4.44. The Kier molecular flexibility index (Phi) is 13.4. The quantitative estimate of drug-likeness (QED) is 0.242. The van der Waals surface area contributed by atoms with Crippen molar-refractivity contribution in [3.8, 4) is 0 Å². The van der Waals surface area contributed by atoms with Crippen molar-refractivity contribution in [2.24, 2.45) is 0 Å². The van der Waals surface area contributed by atoms with Gasteiger partial charge in [-0.25, -0.2) is 4.79 Å². The molecule has 1 N–H and O–H groups in total. The molecular formula is C27H46N2O. The number of nitrogens with zero attached hydrogens (tertiary/aromatic N) is 1. The molecule has 1 aromatic rings. The van der Waals surface area contributed by atoms with Gasteiger partial charge in [-0.3, -0.25) is 4.90 Å². The van der Waals surface area contributed by atoms with E-state index in [1.54, 1.807) is 0 Å². The highest BCUT2D eigenvalue weighted by Gasteiger charge is 2.20. The minimum absolute atomic E-state index is 0.0283. The normalized spacial score (nSPS) is 13.8. The molecule has 0 aromatic heterocycles. The zero-order chi connectivity index (χ0) is 21.3. The first kappa shape index (κ1) is 24.8. The van der Waals surface area contributed by atoms with E-state index in [2.05, 4.69) is 36.5 Å². The molecule has 1 heterocycles. The van der Waals surface area contributed by atoms with Gasteiger partial charge in [0, 0.05) is 18.8 Å². The molecule has 1 saturated heterocycles. The molecule has 0 bridgehead atoms. The number of hydrogen-bond acceptors (Lipinski definition) is 1. The summed E-state index contributed by atoms with van der Waals surface area (Å²) in [7, 11) is 0. The third kappa shape index (κ3) is 10.5. The monoisotopic (exact) mass is 414 g/mol. The minimum Gasteiger partial charge on any atom is -0.336 e. The third-order valence-electron chi connectivity index (χ3n) is 6.42. The summed E-state index contributed by atoms with van der Waals surface area (Å²) in [5.74, 6) is 0. The lowest BCUT2D eigenvalue weighted by atomic mass is 10.0. The molecule has 3 nitrogen and oxygen atoms in total. The van der Waals surface area contributed by atoms with Crippen LogP contribution in [0.4, 0.5) is 10.5 Å². The van der Waals surface area contributed by atoms with Gasteiger partial charge in [-0.2, -0.15) is 0 Å². The van der Waals surface area contributed by atoms with Crippen LogP contribution in [0.5, 0.6) is 0 Å². The number of carbonyl (C=O) groups excluding carboxylic acids is 1. The molecule has 1 fully saturated rings. The van der Waals surface area contributed by atoms with Crippen LogP contribution < -0.4 is 10.2 Å².